The van der Waals surface area contributed by atoms with Gasteiger partial charge in [0.1, 0.15) is 28.6 Å². The topological polar surface area (TPSA) is 135 Å². The third-order valence-corrected chi connectivity index (χ3v) is 3.78. The van der Waals surface area contributed by atoms with Gasteiger partial charge in [0.25, 0.3) is 0 Å². The van der Waals surface area contributed by atoms with Crippen molar-refractivity contribution in [1.82, 2.24) is 0 Å². The van der Waals surface area contributed by atoms with E-state index in [1.54, 1.807) is 42.5 Å². The molecule has 8 heteroatoms. The number of carboxylic acids is 2. The SMILES string of the molecule is O=C(O)c1cc2ccccc2oc1=O.O=C(O)c1coc2ccccc2c1=O. The minimum Gasteiger partial charge on any atom is -0.477 e. The summed E-state index contributed by atoms with van der Waals surface area (Å²) in [5.74, 6) is -2.55. The number of rotatable bonds is 2. The minimum atomic E-state index is -1.27. The number of benzene rings is 2. The van der Waals surface area contributed by atoms with Crippen LogP contribution in [0.1, 0.15) is 20.7 Å². The van der Waals surface area contributed by atoms with E-state index >= 15 is 0 Å². The van der Waals surface area contributed by atoms with E-state index in [0.717, 1.165) is 6.26 Å². The first kappa shape index (κ1) is 18.6. The smallest absolute Gasteiger partial charge is 0.351 e. The summed E-state index contributed by atoms with van der Waals surface area (Å²) in [5, 5.41) is 18.2. The van der Waals surface area contributed by atoms with Gasteiger partial charge in [-0.05, 0) is 24.3 Å². The first-order valence-corrected chi connectivity index (χ1v) is 7.88. The Kier molecular flexibility index (Phi) is 5.03. The van der Waals surface area contributed by atoms with Gasteiger partial charge < -0.3 is 19.0 Å². The maximum atomic E-state index is 11.5. The second-order valence-corrected chi connectivity index (χ2v) is 5.57. The van der Waals surface area contributed by atoms with Crippen molar-refractivity contribution in [3.8, 4) is 0 Å². The average molecular weight is 380 g/mol. The molecule has 0 bridgehead atoms. The van der Waals surface area contributed by atoms with Crippen LogP contribution < -0.4 is 11.1 Å². The van der Waals surface area contributed by atoms with Crippen LogP contribution in [0, 0.1) is 0 Å². The number of carbonyl (C=O) groups is 2. The summed E-state index contributed by atoms with van der Waals surface area (Å²) in [6.45, 7) is 0. The lowest BCUT2D eigenvalue weighted by molar-refractivity contribution is 0.0682. The lowest BCUT2D eigenvalue weighted by atomic mass is 10.2. The van der Waals surface area contributed by atoms with E-state index in [1.807, 2.05) is 0 Å². The number of aromatic carboxylic acids is 2. The Labute approximate surface area is 155 Å². The molecule has 0 saturated heterocycles. The summed E-state index contributed by atoms with van der Waals surface area (Å²) in [6, 6.07) is 14.6. The molecule has 2 aromatic carbocycles. The van der Waals surface area contributed by atoms with Crippen LogP contribution in [0.2, 0.25) is 0 Å². The number of hydrogen-bond acceptors (Lipinski definition) is 6. The summed E-state index contributed by atoms with van der Waals surface area (Å²) >= 11 is 0. The van der Waals surface area contributed by atoms with E-state index < -0.39 is 23.0 Å². The monoisotopic (exact) mass is 380 g/mol. The van der Waals surface area contributed by atoms with Gasteiger partial charge in [-0.15, -0.1) is 0 Å². The van der Waals surface area contributed by atoms with Crippen molar-refractivity contribution >= 4 is 33.9 Å². The van der Waals surface area contributed by atoms with Gasteiger partial charge in [-0.1, -0.05) is 30.3 Å². The largest absolute Gasteiger partial charge is 0.477 e. The lowest BCUT2D eigenvalue weighted by Gasteiger charge is -1.96. The van der Waals surface area contributed by atoms with Gasteiger partial charge in [-0.25, -0.2) is 14.4 Å². The van der Waals surface area contributed by atoms with Gasteiger partial charge in [0.15, 0.2) is 0 Å². The lowest BCUT2D eigenvalue weighted by Crippen LogP contribution is -2.13. The summed E-state index contributed by atoms with van der Waals surface area (Å²) in [7, 11) is 0. The Morgan fingerprint density at radius 3 is 2.07 bits per heavy atom. The maximum absolute atomic E-state index is 11.5. The fourth-order valence-corrected chi connectivity index (χ4v) is 2.44. The Bertz CT molecular complexity index is 1300. The number of fused-ring (bicyclic) bond motifs is 2. The highest BCUT2D eigenvalue weighted by molar-refractivity contribution is 5.92. The molecule has 2 N–H and O–H groups in total. The predicted octanol–water partition coefficient (Wildman–Crippen LogP) is 2.98. The molecule has 0 aliphatic rings. The molecule has 0 unspecified atom stereocenters. The molecular formula is C20H12O8. The van der Waals surface area contributed by atoms with Crippen molar-refractivity contribution in [2.24, 2.45) is 0 Å². The fraction of sp³-hybridized carbons (Fsp3) is 0. The molecule has 8 nitrogen and oxygen atoms in total. The number of carboxylic acid groups (broad SMARTS) is 2. The molecule has 2 heterocycles. The molecule has 28 heavy (non-hydrogen) atoms. The van der Waals surface area contributed by atoms with E-state index in [9.17, 15) is 19.2 Å². The average Bonchev–Trinajstić information content (AvgIpc) is 2.68. The fourth-order valence-electron chi connectivity index (χ4n) is 2.44. The van der Waals surface area contributed by atoms with Crippen LogP contribution in [0.4, 0.5) is 0 Å². The molecule has 2 aromatic heterocycles. The van der Waals surface area contributed by atoms with Gasteiger partial charge >= 0.3 is 17.6 Å². The van der Waals surface area contributed by atoms with Crippen LogP contribution in [-0.4, -0.2) is 22.2 Å². The molecule has 0 atom stereocenters. The molecule has 4 aromatic rings. The van der Waals surface area contributed by atoms with Crippen LogP contribution in [-0.2, 0) is 0 Å². The molecule has 0 fully saturated rings. The zero-order chi connectivity index (χ0) is 20.3. The highest BCUT2D eigenvalue weighted by Gasteiger charge is 2.12. The predicted molar refractivity (Wildman–Crippen MR) is 98.9 cm³/mol. The summed E-state index contributed by atoms with van der Waals surface area (Å²) in [6.07, 6.45) is 0.965. The van der Waals surface area contributed by atoms with Crippen LogP contribution in [0.15, 0.2) is 79.3 Å². The zero-order valence-electron chi connectivity index (χ0n) is 14.1. The van der Waals surface area contributed by atoms with Crippen molar-refractivity contribution in [2.75, 3.05) is 0 Å². The first-order chi connectivity index (χ1) is 13.4. The third-order valence-electron chi connectivity index (χ3n) is 3.78. The third kappa shape index (κ3) is 3.65. The quantitative estimate of drug-likeness (QED) is 0.507. The van der Waals surface area contributed by atoms with Crippen LogP contribution >= 0.6 is 0 Å². The summed E-state index contributed by atoms with van der Waals surface area (Å²) in [4.78, 5) is 43.9. The van der Waals surface area contributed by atoms with E-state index in [2.05, 4.69) is 0 Å². The Hall–Kier alpha value is -4.20. The maximum Gasteiger partial charge on any atom is 0.351 e. The highest BCUT2D eigenvalue weighted by atomic mass is 16.4. The molecule has 140 valence electrons. The Morgan fingerprint density at radius 1 is 0.786 bits per heavy atom. The molecular weight excluding hydrogens is 368 g/mol. The van der Waals surface area contributed by atoms with Gasteiger partial charge in [-0.3, -0.25) is 4.79 Å². The minimum absolute atomic E-state index is 0.285. The molecule has 4 rings (SSSR count). The highest BCUT2D eigenvalue weighted by Crippen LogP contribution is 2.12. The normalized spacial score (nSPS) is 10.3. The molecule has 0 spiro atoms. The van der Waals surface area contributed by atoms with Crippen LogP contribution in [0.25, 0.3) is 21.9 Å². The summed E-state index contributed by atoms with van der Waals surface area (Å²) < 4.78 is 9.82. The van der Waals surface area contributed by atoms with Crippen molar-refractivity contribution in [3.05, 3.63) is 92.6 Å². The number of para-hydroxylation sites is 2. The second kappa shape index (κ2) is 7.58. The molecule has 0 aliphatic heterocycles. The van der Waals surface area contributed by atoms with Crippen molar-refractivity contribution in [2.45, 2.75) is 0 Å². The van der Waals surface area contributed by atoms with E-state index in [4.69, 9.17) is 19.0 Å². The van der Waals surface area contributed by atoms with Gasteiger partial charge in [0.05, 0.1) is 5.39 Å². The molecule has 0 saturated carbocycles. The van der Waals surface area contributed by atoms with E-state index in [-0.39, 0.29) is 16.5 Å². The Morgan fingerprint density at radius 2 is 1.39 bits per heavy atom. The van der Waals surface area contributed by atoms with Crippen molar-refractivity contribution in [1.29, 1.82) is 0 Å². The van der Waals surface area contributed by atoms with Gasteiger partial charge in [-0.2, -0.15) is 0 Å². The second-order valence-electron chi connectivity index (χ2n) is 5.57. The van der Waals surface area contributed by atoms with E-state index in [1.165, 1.54) is 12.1 Å². The Balaban J connectivity index is 0.000000161. The van der Waals surface area contributed by atoms with Gasteiger partial charge in [0, 0.05) is 5.39 Å². The van der Waals surface area contributed by atoms with Crippen LogP contribution in [0.3, 0.4) is 0 Å². The van der Waals surface area contributed by atoms with E-state index in [0.29, 0.717) is 16.6 Å². The zero-order valence-corrected chi connectivity index (χ0v) is 14.1. The van der Waals surface area contributed by atoms with Crippen molar-refractivity contribution < 1.29 is 28.6 Å². The molecule has 0 aliphatic carbocycles. The molecule has 0 amide bonds. The number of hydrogen-bond donors (Lipinski definition) is 2. The van der Waals surface area contributed by atoms with Gasteiger partial charge in [0.2, 0.25) is 5.43 Å². The van der Waals surface area contributed by atoms with Crippen molar-refractivity contribution in [3.63, 3.8) is 0 Å². The van der Waals surface area contributed by atoms with Crippen LogP contribution in [0.5, 0.6) is 0 Å². The standard InChI is InChI=1S/2C10H6O4/c11-9-6-3-1-2-4-8(6)14-5-7(9)10(12)13;11-9(12)7-5-6-3-1-2-4-8(6)14-10(7)13/h1-5H,(H,12,13);1-5H,(H,11,12). The summed E-state index contributed by atoms with van der Waals surface area (Å²) in [5.41, 5.74) is -1.24. The molecule has 0 radical (unpaired) electrons. The first-order valence-electron chi connectivity index (χ1n) is 7.88.